The molecule has 11 nitrogen and oxygen atoms in total. The molecular formula is C28H28N4O7S. The van der Waals surface area contributed by atoms with E-state index >= 15 is 0 Å². The zero-order chi connectivity index (χ0) is 29.0. The molecule has 0 bridgehead atoms. The van der Waals surface area contributed by atoms with Crippen LogP contribution in [-0.2, 0) is 30.9 Å². The van der Waals surface area contributed by atoms with Gasteiger partial charge >= 0.3 is 5.97 Å². The Morgan fingerprint density at radius 3 is 2.33 bits per heavy atom. The molecule has 1 N–H and O–H groups in total. The molecule has 4 rings (SSSR count). The molecule has 3 aromatic carbocycles. The van der Waals surface area contributed by atoms with Crippen LogP contribution in [0.2, 0.25) is 0 Å². The number of ether oxygens (including phenoxy) is 2. The topological polar surface area (TPSA) is 137 Å². The van der Waals surface area contributed by atoms with Crippen molar-refractivity contribution in [1.29, 1.82) is 0 Å². The van der Waals surface area contributed by atoms with Crippen molar-refractivity contribution in [3.05, 3.63) is 82.6 Å². The van der Waals surface area contributed by atoms with E-state index in [9.17, 15) is 22.8 Å². The summed E-state index contributed by atoms with van der Waals surface area (Å²) in [5.74, 6) is -0.612. The molecule has 4 aromatic rings. The number of aromatic nitrogens is 2. The number of benzene rings is 3. The second-order valence-corrected chi connectivity index (χ2v) is 11.2. The number of nitrogens with one attached hydrogen (secondary N) is 1. The second kappa shape index (κ2) is 11.7. The third-order valence-electron chi connectivity index (χ3n) is 6.10. The first-order valence-electron chi connectivity index (χ1n) is 12.1. The number of methoxy groups -OCH3 is 1. The Hall–Kier alpha value is -4.55. The van der Waals surface area contributed by atoms with Crippen LogP contribution in [0.4, 0.5) is 5.69 Å². The third kappa shape index (κ3) is 6.03. The molecule has 0 aliphatic rings. The number of hydrogen-bond acceptors (Lipinski definition) is 8. The molecule has 0 saturated heterocycles. The summed E-state index contributed by atoms with van der Waals surface area (Å²) in [4.78, 5) is 37.5. The number of carbonyl (C=O) groups is 2. The Labute approximate surface area is 231 Å². The fourth-order valence-corrected chi connectivity index (χ4v) is 5.09. The third-order valence-corrected chi connectivity index (χ3v) is 8.06. The number of hydrogen-bond donors (Lipinski definition) is 1. The van der Waals surface area contributed by atoms with Crippen molar-refractivity contribution in [2.24, 2.45) is 0 Å². The molecule has 1 heterocycles. The van der Waals surface area contributed by atoms with E-state index in [1.165, 1.54) is 27.3 Å². The summed E-state index contributed by atoms with van der Waals surface area (Å²) in [6.07, 6.45) is 0. The zero-order valence-electron chi connectivity index (χ0n) is 22.4. The highest BCUT2D eigenvalue weighted by atomic mass is 32.2. The summed E-state index contributed by atoms with van der Waals surface area (Å²) in [7, 11) is 0.436. The number of amides is 1. The molecular weight excluding hydrogens is 536 g/mol. The van der Waals surface area contributed by atoms with Gasteiger partial charge in [0.1, 0.15) is 12.3 Å². The lowest BCUT2D eigenvalue weighted by Crippen LogP contribution is -2.30. The van der Waals surface area contributed by atoms with E-state index in [0.29, 0.717) is 39.0 Å². The molecule has 1 amide bonds. The highest BCUT2D eigenvalue weighted by Crippen LogP contribution is 2.29. The number of anilines is 1. The highest BCUT2D eigenvalue weighted by molar-refractivity contribution is 7.89. The number of carbonyl (C=O) groups excluding carboxylic acids is 2. The van der Waals surface area contributed by atoms with Crippen LogP contribution in [-0.4, -0.2) is 62.2 Å². The molecule has 0 saturated carbocycles. The van der Waals surface area contributed by atoms with Gasteiger partial charge in [-0.1, -0.05) is 30.3 Å². The normalized spacial score (nSPS) is 11.4. The Bertz CT molecular complexity index is 1750. The van der Waals surface area contributed by atoms with Gasteiger partial charge in [-0.25, -0.2) is 22.2 Å². The lowest BCUT2D eigenvalue weighted by Gasteiger charge is -2.16. The van der Waals surface area contributed by atoms with Gasteiger partial charge in [0.15, 0.2) is 6.61 Å². The van der Waals surface area contributed by atoms with Crippen LogP contribution in [0.15, 0.2) is 76.4 Å². The molecule has 0 atom stereocenters. The zero-order valence-corrected chi connectivity index (χ0v) is 23.2. The van der Waals surface area contributed by atoms with Crippen molar-refractivity contribution in [1.82, 2.24) is 14.1 Å². The fraction of sp³-hybridized carbons (Fsp3) is 0.214. The summed E-state index contributed by atoms with van der Waals surface area (Å²) < 4.78 is 37.8. The summed E-state index contributed by atoms with van der Waals surface area (Å²) in [5.41, 5.74) is 1.40. The standard InChI is InChI=1S/C28H28N4O7S/c1-18-9-10-19(15-24(18)40(36,37)31(2)3)27-22-7-5-6-8-23(22)28(35)32(30-27)16-25(33)29-20-11-13-21(14-12-20)39-17-26(34)38-4/h5-15H,16-17H2,1-4H3,(H,29,33). The van der Waals surface area contributed by atoms with Gasteiger partial charge in [0.25, 0.3) is 5.56 Å². The van der Waals surface area contributed by atoms with Crippen LogP contribution in [0, 0.1) is 6.92 Å². The molecule has 1 aromatic heterocycles. The van der Waals surface area contributed by atoms with Crippen molar-refractivity contribution in [2.45, 2.75) is 18.4 Å². The average molecular weight is 565 g/mol. The minimum atomic E-state index is -3.73. The lowest BCUT2D eigenvalue weighted by atomic mass is 10.0. The van der Waals surface area contributed by atoms with Gasteiger partial charge < -0.3 is 14.8 Å². The number of nitrogens with zero attached hydrogens (tertiary/aromatic N) is 3. The van der Waals surface area contributed by atoms with Crippen LogP contribution in [0.3, 0.4) is 0 Å². The molecule has 0 spiro atoms. The summed E-state index contributed by atoms with van der Waals surface area (Å²) in [6.45, 7) is 1.07. The molecule has 0 unspecified atom stereocenters. The number of fused-ring (bicyclic) bond motifs is 1. The van der Waals surface area contributed by atoms with Crippen LogP contribution in [0.25, 0.3) is 22.0 Å². The van der Waals surface area contributed by atoms with Crippen LogP contribution < -0.4 is 15.6 Å². The van der Waals surface area contributed by atoms with Crippen molar-refractivity contribution >= 4 is 38.4 Å². The SMILES string of the molecule is COC(=O)COc1ccc(NC(=O)Cn2nc(-c3ccc(C)c(S(=O)(=O)N(C)C)c3)c3ccccc3c2=O)cc1. The second-order valence-electron chi connectivity index (χ2n) is 9.06. The maximum absolute atomic E-state index is 13.2. The molecule has 0 aliphatic carbocycles. The van der Waals surface area contributed by atoms with Crippen LogP contribution in [0.1, 0.15) is 5.56 Å². The lowest BCUT2D eigenvalue weighted by molar-refractivity contribution is -0.142. The van der Waals surface area contributed by atoms with Gasteiger partial charge in [-0.3, -0.25) is 9.59 Å². The van der Waals surface area contributed by atoms with Crippen molar-refractivity contribution < 1.29 is 27.5 Å². The van der Waals surface area contributed by atoms with Crippen LogP contribution >= 0.6 is 0 Å². The maximum atomic E-state index is 13.2. The summed E-state index contributed by atoms with van der Waals surface area (Å²) >= 11 is 0. The van der Waals surface area contributed by atoms with E-state index in [1.54, 1.807) is 67.6 Å². The molecule has 0 radical (unpaired) electrons. The van der Waals surface area contributed by atoms with E-state index in [2.05, 4.69) is 15.2 Å². The van der Waals surface area contributed by atoms with Gasteiger partial charge in [0.2, 0.25) is 15.9 Å². The smallest absolute Gasteiger partial charge is 0.343 e. The minimum absolute atomic E-state index is 0.121. The quantitative estimate of drug-likeness (QED) is 0.307. The maximum Gasteiger partial charge on any atom is 0.343 e. The molecule has 0 aliphatic heterocycles. The average Bonchev–Trinajstić information content (AvgIpc) is 2.94. The molecule has 0 fully saturated rings. The Kier molecular flexibility index (Phi) is 8.31. The highest BCUT2D eigenvalue weighted by Gasteiger charge is 2.22. The number of sulfonamides is 1. The fourth-order valence-electron chi connectivity index (χ4n) is 3.95. The summed E-state index contributed by atoms with van der Waals surface area (Å²) in [5, 5.41) is 8.06. The summed E-state index contributed by atoms with van der Waals surface area (Å²) in [6, 6.07) is 18.1. The Morgan fingerprint density at radius 1 is 1.00 bits per heavy atom. The van der Waals surface area contributed by atoms with E-state index in [4.69, 9.17) is 4.74 Å². The number of rotatable bonds is 9. The van der Waals surface area contributed by atoms with Crippen molar-refractivity contribution in [3.8, 4) is 17.0 Å². The Morgan fingerprint density at radius 2 is 1.68 bits per heavy atom. The number of aryl methyl sites for hydroxylation is 1. The van der Waals surface area contributed by atoms with Gasteiger partial charge in [-0.15, -0.1) is 0 Å². The van der Waals surface area contributed by atoms with Crippen LogP contribution in [0.5, 0.6) is 5.75 Å². The van der Waals surface area contributed by atoms with Crippen molar-refractivity contribution in [2.75, 3.05) is 33.1 Å². The predicted molar refractivity (Wildman–Crippen MR) is 150 cm³/mol. The minimum Gasteiger partial charge on any atom is -0.482 e. The largest absolute Gasteiger partial charge is 0.482 e. The van der Waals surface area contributed by atoms with Gasteiger partial charge in [-0.05, 0) is 48.9 Å². The van der Waals surface area contributed by atoms with Gasteiger partial charge in [-0.2, -0.15) is 5.10 Å². The molecule has 40 heavy (non-hydrogen) atoms. The first-order valence-corrected chi connectivity index (χ1v) is 13.6. The van der Waals surface area contributed by atoms with E-state index < -0.39 is 27.5 Å². The monoisotopic (exact) mass is 564 g/mol. The van der Waals surface area contributed by atoms with Gasteiger partial charge in [0.05, 0.1) is 23.1 Å². The Balaban J connectivity index is 1.65. The number of esters is 1. The van der Waals surface area contributed by atoms with E-state index in [-0.39, 0.29) is 18.0 Å². The van der Waals surface area contributed by atoms with E-state index in [1.807, 2.05) is 0 Å². The predicted octanol–water partition coefficient (Wildman–Crippen LogP) is 2.81. The van der Waals surface area contributed by atoms with E-state index in [0.717, 1.165) is 8.99 Å². The molecule has 208 valence electrons. The molecule has 12 heteroatoms. The first-order chi connectivity index (χ1) is 19.0. The first kappa shape index (κ1) is 28.5. The van der Waals surface area contributed by atoms with Crippen molar-refractivity contribution in [3.63, 3.8) is 0 Å². The van der Waals surface area contributed by atoms with Gasteiger partial charge in [0, 0.05) is 30.7 Å².